The van der Waals surface area contributed by atoms with E-state index in [0.29, 0.717) is 6.61 Å². The second-order valence-corrected chi connectivity index (χ2v) is 3.13. The second-order valence-electron chi connectivity index (χ2n) is 3.13. The van der Waals surface area contributed by atoms with Crippen molar-refractivity contribution in [3.05, 3.63) is 42.0 Å². The van der Waals surface area contributed by atoms with Crippen molar-refractivity contribution in [2.24, 2.45) is 0 Å². The van der Waals surface area contributed by atoms with Gasteiger partial charge in [0.1, 0.15) is 0 Å². The van der Waals surface area contributed by atoms with Gasteiger partial charge in [-0.25, -0.2) is 4.79 Å². The molecule has 1 rings (SSSR count). The molecule has 0 heterocycles. The molecule has 0 aliphatic carbocycles. The third-order valence-electron chi connectivity index (χ3n) is 1.90. The van der Waals surface area contributed by atoms with Crippen LogP contribution in [0.4, 0.5) is 0 Å². The standard InChI is InChI=1S/C12H14O3/c1-10(12(13)14)15-9-5-8-11-6-3-2-4-7-11/h2-8,10H,9H2,1H3,(H,13,14)/b8-5+/t10-/m1/s1. The van der Waals surface area contributed by atoms with Crippen molar-refractivity contribution in [1.29, 1.82) is 0 Å². The summed E-state index contributed by atoms with van der Waals surface area (Å²) >= 11 is 0. The molecule has 15 heavy (non-hydrogen) atoms. The van der Waals surface area contributed by atoms with Crippen LogP contribution in [0.1, 0.15) is 12.5 Å². The van der Waals surface area contributed by atoms with E-state index in [1.807, 2.05) is 36.4 Å². The zero-order valence-corrected chi connectivity index (χ0v) is 8.59. The molecule has 0 aliphatic heterocycles. The highest BCUT2D eigenvalue weighted by molar-refractivity contribution is 5.71. The number of rotatable bonds is 5. The van der Waals surface area contributed by atoms with Gasteiger partial charge in [-0.1, -0.05) is 42.5 Å². The Morgan fingerprint density at radius 1 is 1.47 bits per heavy atom. The summed E-state index contributed by atoms with van der Waals surface area (Å²) in [6, 6.07) is 9.77. The van der Waals surface area contributed by atoms with Gasteiger partial charge in [0.15, 0.2) is 6.10 Å². The van der Waals surface area contributed by atoms with Crippen molar-refractivity contribution in [1.82, 2.24) is 0 Å². The number of hydrogen-bond donors (Lipinski definition) is 1. The van der Waals surface area contributed by atoms with Crippen LogP contribution in [0.25, 0.3) is 6.08 Å². The van der Waals surface area contributed by atoms with Crippen molar-refractivity contribution < 1.29 is 14.6 Å². The number of carboxylic acid groups (broad SMARTS) is 1. The second kappa shape index (κ2) is 5.98. The quantitative estimate of drug-likeness (QED) is 0.803. The summed E-state index contributed by atoms with van der Waals surface area (Å²) in [7, 11) is 0. The van der Waals surface area contributed by atoms with Gasteiger partial charge in [-0.15, -0.1) is 0 Å². The normalized spacial score (nSPS) is 12.9. The molecule has 1 aromatic rings. The summed E-state index contributed by atoms with van der Waals surface area (Å²) in [5.74, 6) is -0.942. The Labute approximate surface area is 89.0 Å². The molecule has 80 valence electrons. The molecule has 3 heteroatoms. The third-order valence-corrected chi connectivity index (χ3v) is 1.90. The Morgan fingerprint density at radius 2 is 2.13 bits per heavy atom. The topological polar surface area (TPSA) is 46.5 Å². The lowest BCUT2D eigenvalue weighted by atomic mass is 10.2. The molecule has 0 unspecified atom stereocenters. The minimum absolute atomic E-state index is 0.308. The first-order chi connectivity index (χ1) is 7.20. The van der Waals surface area contributed by atoms with Crippen molar-refractivity contribution in [2.75, 3.05) is 6.61 Å². The van der Waals surface area contributed by atoms with Gasteiger partial charge in [0.25, 0.3) is 0 Å². The monoisotopic (exact) mass is 206 g/mol. The molecule has 0 saturated carbocycles. The van der Waals surface area contributed by atoms with Crippen LogP contribution in [0, 0.1) is 0 Å². The number of carbonyl (C=O) groups is 1. The highest BCUT2D eigenvalue weighted by atomic mass is 16.5. The fourth-order valence-electron chi connectivity index (χ4n) is 1.02. The van der Waals surface area contributed by atoms with E-state index in [0.717, 1.165) is 5.56 Å². The van der Waals surface area contributed by atoms with E-state index in [4.69, 9.17) is 9.84 Å². The van der Waals surface area contributed by atoms with E-state index in [9.17, 15) is 4.79 Å². The highest BCUT2D eigenvalue weighted by Gasteiger charge is 2.08. The molecule has 0 saturated heterocycles. The Bertz CT molecular complexity index is 330. The zero-order chi connectivity index (χ0) is 11.1. The van der Waals surface area contributed by atoms with Crippen molar-refractivity contribution in [3.8, 4) is 0 Å². The molecule has 0 radical (unpaired) electrons. The van der Waals surface area contributed by atoms with Crippen molar-refractivity contribution >= 4 is 12.0 Å². The number of benzene rings is 1. The summed E-state index contributed by atoms with van der Waals surface area (Å²) in [5.41, 5.74) is 1.07. The van der Waals surface area contributed by atoms with Crippen LogP contribution in [0.5, 0.6) is 0 Å². The van der Waals surface area contributed by atoms with Gasteiger partial charge in [-0.05, 0) is 12.5 Å². The number of hydrogen-bond acceptors (Lipinski definition) is 2. The Morgan fingerprint density at radius 3 is 2.73 bits per heavy atom. The molecular weight excluding hydrogens is 192 g/mol. The molecule has 0 bridgehead atoms. The van der Waals surface area contributed by atoms with Crippen LogP contribution in [0.15, 0.2) is 36.4 Å². The Kier molecular flexibility index (Phi) is 4.57. The van der Waals surface area contributed by atoms with Crippen LogP contribution < -0.4 is 0 Å². The third kappa shape index (κ3) is 4.42. The number of ether oxygens (including phenoxy) is 1. The van der Waals surface area contributed by atoms with Crippen LogP contribution in [-0.4, -0.2) is 23.8 Å². The first kappa shape index (κ1) is 11.5. The van der Waals surface area contributed by atoms with Gasteiger partial charge < -0.3 is 9.84 Å². The first-order valence-corrected chi connectivity index (χ1v) is 4.76. The molecular formula is C12H14O3. The van der Waals surface area contributed by atoms with Gasteiger partial charge in [0.05, 0.1) is 6.61 Å². The fraction of sp³-hybridized carbons (Fsp3) is 0.250. The van der Waals surface area contributed by atoms with E-state index in [-0.39, 0.29) is 0 Å². The minimum atomic E-state index is -0.942. The molecule has 0 amide bonds. The number of aliphatic carboxylic acids is 1. The maximum Gasteiger partial charge on any atom is 0.332 e. The molecule has 0 aliphatic rings. The van der Waals surface area contributed by atoms with E-state index < -0.39 is 12.1 Å². The lowest BCUT2D eigenvalue weighted by molar-refractivity contribution is -0.148. The van der Waals surface area contributed by atoms with Gasteiger partial charge in [0, 0.05) is 0 Å². The van der Waals surface area contributed by atoms with E-state index in [1.165, 1.54) is 6.92 Å². The summed E-state index contributed by atoms with van der Waals surface area (Å²) in [6.45, 7) is 1.82. The smallest absolute Gasteiger partial charge is 0.332 e. The maximum absolute atomic E-state index is 10.4. The zero-order valence-electron chi connectivity index (χ0n) is 8.59. The molecule has 0 aromatic heterocycles. The van der Waals surface area contributed by atoms with Crippen LogP contribution in [0.2, 0.25) is 0 Å². The van der Waals surface area contributed by atoms with Gasteiger partial charge in [-0.3, -0.25) is 0 Å². The lowest BCUT2D eigenvalue weighted by Crippen LogP contribution is -2.19. The van der Waals surface area contributed by atoms with Gasteiger partial charge >= 0.3 is 5.97 Å². The van der Waals surface area contributed by atoms with E-state index in [1.54, 1.807) is 6.08 Å². The SMILES string of the molecule is C[C@@H](OC/C=C/c1ccccc1)C(=O)O. The van der Waals surface area contributed by atoms with E-state index in [2.05, 4.69) is 0 Å². The van der Waals surface area contributed by atoms with Gasteiger partial charge in [-0.2, -0.15) is 0 Å². The summed E-state index contributed by atoms with van der Waals surface area (Å²) in [5, 5.41) is 8.55. The predicted octanol–water partition coefficient (Wildman–Crippen LogP) is 2.19. The summed E-state index contributed by atoms with van der Waals surface area (Å²) in [4.78, 5) is 10.4. The number of carboxylic acids is 1. The Balaban J connectivity index is 2.32. The molecule has 0 spiro atoms. The predicted molar refractivity (Wildman–Crippen MR) is 58.5 cm³/mol. The Hall–Kier alpha value is -1.61. The largest absolute Gasteiger partial charge is 0.479 e. The molecule has 1 N–H and O–H groups in total. The summed E-state index contributed by atoms with van der Waals surface area (Å²) < 4.78 is 5.04. The first-order valence-electron chi connectivity index (χ1n) is 4.76. The molecule has 0 fully saturated rings. The van der Waals surface area contributed by atoms with E-state index >= 15 is 0 Å². The van der Waals surface area contributed by atoms with Crippen molar-refractivity contribution in [3.63, 3.8) is 0 Å². The molecule has 1 atom stereocenters. The average Bonchev–Trinajstić information content (AvgIpc) is 2.25. The van der Waals surface area contributed by atoms with Crippen molar-refractivity contribution in [2.45, 2.75) is 13.0 Å². The molecule has 1 aromatic carbocycles. The minimum Gasteiger partial charge on any atom is -0.479 e. The van der Waals surface area contributed by atoms with Crippen LogP contribution >= 0.6 is 0 Å². The van der Waals surface area contributed by atoms with Crippen LogP contribution in [0.3, 0.4) is 0 Å². The maximum atomic E-state index is 10.4. The van der Waals surface area contributed by atoms with Crippen LogP contribution in [-0.2, 0) is 9.53 Å². The lowest BCUT2D eigenvalue weighted by Gasteiger charge is -2.04. The fourth-order valence-corrected chi connectivity index (χ4v) is 1.02. The molecule has 3 nitrogen and oxygen atoms in total. The average molecular weight is 206 g/mol. The van der Waals surface area contributed by atoms with Gasteiger partial charge in [0.2, 0.25) is 0 Å². The highest BCUT2D eigenvalue weighted by Crippen LogP contribution is 2.01. The summed E-state index contributed by atoms with van der Waals surface area (Å²) in [6.07, 6.45) is 2.94.